The number of aliphatic hydroxyl groups is 1. The van der Waals surface area contributed by atoms with Crippen LogP contribution in [0.2, 0.25) is 0 Å². The van der Waals surface area contributed by atoms with Gasteiger partial charge in [-0.15, -0.1) is 0 Å². The summed E-state index contributed by atoms with van der Waals surface area (Å²) in [7, 11) is -4.74. The van der Waals surface area contributed by atoms with Crippen LogP contribution in [0, 0.1) is 0 Å². The van der Waals surface area contributed by atoms with Gasteiger partial charge in [-0.05, 0) is 70.6 Å². The molecular weight excluding hydrogens is 952 g/mol. The molecule has 436 valence electrons. The van der Waals surface area contributed by atoms with Gasteiger partial charge in [-0.2, -0.15) is 0 Å². The number of esters is 3. The van der Waals surface area contributed by atoms with Crippen LogP contribution < -0.4 is 0 Å². The van der Waals surface area contributed by atoms with Crippen molar-refractivity contribution in [2.24, 2.45) is 0 Å². The summed E-state index contributed by atoms with van der Waals surface area (Å²) in [6.07, 6.45) is 58.4. The molecule has 0 aliphatic rings. The van der Waals surface area contributed by atoms with Crippen LogP contribution in [0.15, 0.2) is 24.3 Å². The number of allylic oxidation sites excluding steroid dienone is 4. The zero-order valence-electron chi connectivity index (χ0n) is 48.3. The molecule has 3 unspecified atom stereocenters. The van der Waals surface area contributed by atoms with Crippen molar-refractivity contribution in [3.05, 3.63) is 24.3 Å². The number of ether oxygens (including phenoxy) is 3. The van der Waals surface area contributed by atoms with Crippen molar-refractivity contribution in [1.82, 2.24) is 0 Å². The summed E-state index contributed by atoms with van der Waals surface area (Å²) >= 11 is 0. The van der Waals surface area contributed by atoms with E-state index in [9.17, 15) is 28.9 Å². The predicted octanol–water partition coefficient (Wildman–Crippen LogP) is 18.6. The number of phosphoric ester groups is 1. The predicted molar refractivity (Wildman–Crippen MR) is 307 cm³/mol. The lowest BCUT2D eigenvalue weighted by Gasteiger charge is -2.21. The van der Waals surface area contributed by atoms with Gasteiger partial charge in [-0.1, -0.05) is 251 Å². The smallest absolute Gasteiger partial charge is 0.462 e. The number of rotatable bonds is 59. The molecule has 0 rings (SSSR count). The lowest BCUT2D eigenvalue weighted by atomic mass is 10.0. The van der Waals surface area contributed by atoms with Crippen molar-refractivity contribution < 1.29 is 52.2 Å². The highest BCUT2D eigenvalue weighted by Crippen LogP contribution is 2.43. The van der Waals surface area contributed by atoms with Crippen molar-refractivity contribution in [3.63, 3.8) is 0 Å². The topological polar surface area (TPSA) is 155 Å². The van der Waals surface area contributed by atoms with Crippen LogP contribution in [0.4, 0.5) is 0 Å². The van der Waals surface area contributed by atoms with Gasteiger partial charge < -0.3 is 24.2 Å². The van der Waals surface area contributed by atoms with Crippen molar-refractivity contribution in [1.29, 1.82) is 0 Å². The monoisotopic (exact) mass is 1070 g/mol. The van der Waals surface area contributed by atoms with Crippen LogP contribution in [0.25, 0.3) is 0 Å². The maximum Gasteiger partial charge on any atom is 0.472 e. The first-order valence-corrected chi connectivity index (χ1v) is 32.7. The largest absolute Gasteiger partial charge is 0.472 e. The summed E-state index contributed by atoms with van der Waals surface area (Å²) in [5, 5.41) is 9.83. The van der Waals surface area contributed by atoms with E-state index in [1.165, 1.54) is 180 Å². The Hall–Kier alpha value is -2.04. The second kappa shape index (κ2) is 57.1. The molecule has 74 heavy (non-hydrogen) atoms. The SMILES string of the molecule is CCCCCC/C=C\CCCCCCCC(=O)OCC(COP(=O)(O)OCC(CO)OC(=O)CCCCCCCCCCCCCCCCC)OC(=O)CCCCCCCCCCC/C=C\CCCCCCCC. The zero-order chi connectivity index (χ0) is 54.1. The fourth-order valence-corrected chi connectivity index (χ4v) is 9.84. The van der Waals surface area contributed by atoms with Gasteiger partial charge >= 0.3 is 25.7 Å². The minimum atomic E-state index is -4.74. The molecule has 2 N–H and O–H groups in total. The second-order valence-electron chi connectivity index (χ2n) is 21.2. The number of aliphatic hydroxyl groups excluding tert-OH is 1. The summed E-state index contributed by atoms with van der Waals surface area (Å²) in [6, 6.07) is 0. The van der Waals surface area contributed by atoms with E-state index in [4.69, 9.17) is 23.3 Å². The molecule has 0 radical (unpaired) electrons. The first-order chi connectivity index (χ1) is 36.2. The highest BCUT2D eigenvalue weighted by atomic mass is 31.2. The van der Waals surface area contributed by atoms with Crippen LogP contribution in [-0.2, 0) is 42.2 Å². The van der Waals surface area contributed by atoms with Crippen LogP contribution in [0.5, 0.6) is 0 Å². The van der Waals surface area contributed by atoms with Crippen molar-refractivity contribution in [2.75, 3.05) is 26.4 Å². The molecule has 0 saturated heterocycles. The van der Waals surface area contributed by atoms with E-state index < -0.39 is 57.8 Å². The minimum Gasteiger partial charge on any atom is -0.462 e. The first kappa shape index (κ1) is 72.0. The number of carbonyl (C=O) groups is 3. The molecule has 0 fully saturated rings. The Morgan fingerprint density at radius 3 is 0.946 bits per heavy atom. The quantitative estimate of drug-likeness (QED) is 0.0197. The highest BCUT2D eigenvalue weighted by Gasteiger charge is 2.28. The third-order valence-electron chi connectivity index (χ3n) is 13.8. The van der Waals surface area contributed by atoms with Crippen molar-refractivity contribution in [3.8, 4) is 0 Å². The molecule has 0 bridgehead atoms. The van der Waals surface area contributed by atoms with Crippen LogP contribution in [0.3, 0.4) is 0 Å². The molecule has 0 aromatic heterocycles. The minimum absolute atomic E-state index is 0.168. The number of hydrogen-bond acceptors (Lipinski definition) is 10. The zero-order valence-corrected chi connectivity index (χ0v) is 49.2. The van der Waals surface area contributed by atoms with Crippen molar-refractivity contribution >= 4 is 25.7 Å². The van der Waals surface area contributed by atoms with Crippen LogP contribution >= 0.6 is 7.82 Å². The normalized spacial score (nSPS) is 13.4. The third-order valence-corrected chi connectivity index (χ3v) is 14.8. The Bertz CT molecular complexity index is 1340. The van der Waals surface area contributed by atoms with E-state index in [0.29, 0.717) is 19.3 Å². The number of phosphoric acid groups is 1. The van der Waals surface area contributed by atoms with Gasteiger partial charge in [0.05, 0.1) is 19.8 Å². The van der Waals surface area contributed by atoms with Gasteiger partial charge in [0, 0.05) is 19.3 Å². The maximum atomic E-state index is 12.9. The first-order valence-electron chi connectivity index (χ1n) is 31.2. The molecule has 0 aliphatic carbocycles. The second-order valence-corrected chi connectivity index (χ2v) is 22.7. The van der Waals surface area contributed by atoms with Gasteiger partial charge in [0.1, 0.15) is 12.7 Å². The molecular formula is C62H117O11P. The van der Waals surface area contributed by atoms with Gasteiger partial charge in [-0.3, -0.25) is 23.4 Å². The number of carbonyl (C=O) groups excluding carboxylic acids is 3. The molecule has 0 heterocycles. The lowest BCUT2D eigenvalue weighted by molar-refractivity contribution is -0.161. The Morgan fingerprint density at radius 1 is 0.365 bits per heavy atom. The Balaban J connectivity index is 4.65. The Kier molecular flexibility index (Phi) is 55.6. The van der Waals surface area contributed by atoms with Gasteiger partial charge in [0.25, 0.3) is 0 Å². The van der Waals surface area contributed by atoms with E-state index in [-0.39, 0.29) is 25.9 Å². The Morgan fingerprint density at radius 2 is 0.622 bits per heavy atom. The fraction of sp³-hybridized carbons (Fsp3) is 0.887. The number of unbranched alkanes of at least 4 members (excludes halogenated alkanes) is 38. The molecule has 0 aromatic carbocycles. The average molecular weight is 1070 g/mol. The van der Waals surface area contributed by atoms with Crippen LogP contribution in [-0.4, -0.2) is 66.5 Å². The molecule has 12 heteroatoms. The summed E-state index contributed by atoms with van der Waals surface area (Å²) < 4.78 is 39.6. The van der Waals surface area contributed by atoms with E-state index in [1.54, 1.807) is 0 Å². The maximum absolute atomic E-state index is 12.9. The standard InChI is InChI=1S/C62H117O11P/c1-4-7-10-13-16-19-22-25-27-28-29-30-32-35-38-41-44-47-50-53-62(66)73-59(55-69-60(64)51-48-45-42-39-36-33-24-21-18-15-12-9-6-3)57-71-74(67,68)70-56-58(54-63)72-61(65)52-49-46-43-40-37-34-31-26-23-20-17-14-11-8-5-2/h21,24-25,27,58-59,63H,4-20,22-23,26,28-57H2,1-3H3,(H,67,68)/b24-21-,27-25-. The Labute approximate surface area is 455 Å². The summed E-state index contributed by atoms with van der Waals surface area (Å²) in [5.41, 5.74) is 0. The van der Waals surface area contributed by atoms with Crippen molar-refractivity contribution in [2.45, 2.75) is 328 Å². The lowest BCUT2D eigenvalue weighted by Crippen LogP contribution is -2.30. The highest BCUT2D eigenvalue weighted by molar-refractivity contribution is 7.47. The fourth-order valence-electron chi connectivity index (χ4n) is 9.05. The van der Waals surface area contributed by atoms with E-state index in [1.807, 2.05) is 0 Å². The summed E-state index contributed by atoms with van der Waals surface area (Å²) in [4.78, 5) is 48.6. The molecule has 0 amide bonds. The number of hydrogen-bond donors (Lipinski definition) is 2. The molecule has 3 atom stereocenters. The van der Waals surface area contributed by atoms with Gasteiger partial charge in [-0.25, -0.2) is 4.57 Å². The average Bonchev–Trinajstić information content (AvgIpc) is 3.39. The van der Waals surface area contributed by atoms with Gasteiger partial charge in [0.2, 0.25) is 0 Å². The summed E-state index contributed by atoms with van der Waals surface area (Å²) in [5.74, 6) is -1.45. The third kappa shape index (κ3) is 54.7. The molecule has 0 saturated carbocycles. The molecule has 0 aromatic rings. The molecule has 0 aliphatic heterocycles. The van der Waals surface area contributed by atoms with E-state index in [0.717, 1.165) is 77.0 Å². The van der Waals surface area contributed by atoms with E-state index in [2.05, 4.69) is 45.1 Å². The molecule has 11 nitrogen and oxygen atoms in total. The summed E-state index contributed by atoms with van der Waals surface area (Å²) in [6.45, 7) is 4.68. The van der Waals surface area contributed by atoms with Crippen LogP contribution in [0.1, 0.15) is 316 Å². The van der Waals surface area contributed by atoms with Gasteiger partial charge in [0.15, 0.2) is 6.10 Å². The van der Waals surface area contributed by atoms with E-state index >= 15 is 0 Å². The molecule has 0 spiro atoms.